The molecule has 368 valence electrons. The number of para-hydroxylation sites is 6. The van der Waals surface area contributed by atoms with Crippen LogP contribution in [0.4, 0.5) is 34.1 Å². The molecule has 0 N–H and O–H groups in total. The summed E-state index contributed by atoms with van der Waals surface area (Å²) in [6.45, 7) is 0. The molecule has 3 heterocycles. The molecule has 11 aromatic carbocycles. The Hall–Kier alpha value is -10.7. The van der Waals surface area contributed by atoms with Crippen molar-refractivity contribution in [3.8, 4) is 67.7 Å². The van der Waals surface area contributed by atoms with E-state index in [-0.39, 0.29) is 0 Å². The van der Waals surface area contributed by atoms with Crippen LogP contribution in [-0.4, -0.2) is 19.9 Å². The molecule has 14 aromatic rings. The van der Waals surface area contributed by atoms with Gasteiger partial charge in [0, 0.05) is 56.4 Å². The van der Waals surface area contributed by atoms with Crippen molar-refractivity contribution in [2.75, 3.05) is 9.80 Å². The molecule has 0 radical (unpaired) electrons. The lowest BCUT2D eigenvalue weighted by Gasteiger charge is -2.26. The van der Waals surface area contributed by atoms with Gasteiger partial charge in [0.05, 0.1) is 22.4 Å². The number of hydrogen-bond acceptors (Lipinski definition) is 8. The van der Waals surface area contributed by atoms with E-state index in [1.807, 2.05) is 84.9 Å². The molecule has 0 saturated carbocycles. The second-order valence-corrected chi connectivity index (χ2v) is 19.1. The summed E-state index contributed by atoms with van der Waals surface area (Å²) in [4.78, 5) is 24.7. The van der Waals surface area contributed by atoms with Gasteiger partial charge < -0.3 is 18.6 Å². The van der Waals surface area contributed by atoms with Crippen LogP contribution < -0.4 is 9.80 Å². The molecule has 0 aliphatic carbocycles. The number of hydrogen-bond donors (Lipinski definition) is 0. The van der Waals surface area contributed by atoms with Gasteiger partial charge in [0.15, 0.2) is 11.2 Å². The molecular formula is C70H46N6O2. The first-order valence-corrected chi connectivity index (χ1v) is 25.9. The minimum atomic E-state index is 0.585. The quantitative estimate of drug-likeness (QED) is 0.120. The molecule has 0 spiro atoms. The van der Waals surface area contributed by atoms with Gasteiger partial charge in [-0.2, -0.15) is 0 Å². The summed E-state index contributed by atoms with van der Waals surface area (Å²) in [7, 11) is 0. The summed E-state index contributed by atoms with van der Waals surface area (Å²) in [6.07, 6.45) is 0. The fourth-order valence-corrected chi connectivity index (χ4v) is 10.2. The second kappa shape index (κ2) is 19.9. The molecule has 14 rings (SSSR count). The highest BCUT2D eigenvalue weighted by atomic mass is 16.4. The molecule has 8 heteroatoms. The maximum absolute atomic E-state index is 6.15. The van der Waals surface area contributed by atoms with Crippen LogP contribution in [0.2, 0.25) is 0 Å². The van der Waals surface area contributed by atoms with E-state index in [4.69, 9.17) is 28.8 Å². The first kappa shape index (κ1) is 45.9. The SMILES string of the molecule is c1ccc(-c2ccc(N(c3ccc(-c4nc5ccccc5o4)cc3)c3ccc(-c4nc5ccccc5nc4-c4ccc(N(c5ccc(-c6ccccc6)cc5)c5ccc(-c6nc7ccccc7o6)cc5)cc4)cc3)cc2)cc1. The van der Waals surface area contributed by atoms with Crippen LogP contribution in [0.1, 0.15) is 0 Å². The fraction of sp³-hybridized carbons (Fsp3) is 0. The normalized spacial score (nSPS) is 11.3. The van der Waals surface area contributed by atoms with Gasteiger partial charge in [-0.1, -0.05) is 146 Å². The first-order valence-electron chi connectivity index (χ1n) is 25.9. The van der Waals surface area contributed by atoms with E-state index in [1.165, 1.54) is 11.1 Å². The zero-order chi connectivity index (χ0) is 51.8. The Morgan fingerprint density at radius 1 is 0.205 bits per heavy atom. The summed E-state index contributed by atoms with van der Waals surface area (Å²) >= 11 is 0. The van der Waals surface area contributed by atoms with E-state index in [0.717, 1.165) is 112 Å². The van der Waals surface area contributed by atoms with Crippen molar-refractivity contribution in [1.29, 1.82) is 0 Å². The Labute approximate surface area is 450 Å². The lowest BCUT2D eigenvalue weighted by Crippen LogP contribution is -2.10. The Balaban J connectivity index is 0.819. The maximum atomic E-state index is 6.15. The zero-order valence-corrected chi connectivity index (χ0v) is 42.1. The third kappa shape index (κ3) is 8.89. The van der Waals surface area contributed by atoms with Crippen molar-refractivity contribution < 1.29 is 8.83 Å². The fourth-order valence-electron chi connectivity index (χ4n) is 10.2. The highest BCUT2D eigenvalue weighted by molar-refractivity contribution is 5.89. The van der Waals surface area contributed by atoms with Gasteiger partial charge in [-0.25, -0.2) is 19.9 Å². The Bertz CT molecular complexity index is 4040. The minimum absolute atomic E-state index is 0.585. The van der Waals surface area contributed by atoms with Crippen LogP contribution in [0.25, 0.3) is 101 Å². The molecule has 0 atom stereocenters. The van der Waals surface area contributed by atoms with Crippen molar-refractivity contribution in [2.45, 2.75) is 0 Å². The summed E-state index contributed by atoms with van der Waals surface area (Å²) in [6, 6.07) is 96.1. The number of benzene rings is 11. The van der Waals surface area contributed by atoms with Gasteiger partial charge in [-0.15, -0.1) is 0 Å². The molecule has 0 aliphatic rings. The van der Waals surface area contributed by atoms with Crippen LogP contribution >= 0.6 is 0 Å². The summed E-state index contributed by atoms with van der Waals surface area (Å²) < 4.78 is 12.3. The number of rotatable bonds is 12. The Morgan fingerprint density at radius 3 is 0.782 bits per heavy atom. The summed E-state index contributed by atoms with van der Waals surface area (Å²) in [5.74, 6) is 1.17. The van der Waals surface area contributed by atoms with Gasteiger partial charge in [0.1, 0.15) is 11.0 Å². The van der Waals surface area contributed by atoms with Crippen molar-refractivity contribution in [2.24, 2.45) is 0 Å². The van der Waals surface area contributed by atoms with E-state index in [1.54, 1.807) is 0 Å². The van der Waals surface area contributed by atoms with E-state index >= 15 is 0 Å². The summed E-state index contributed by atoms with van der Waals surface area (Å²) in [5, 5.41) is 0. The number of aromatic nitrogens is 4. The first-order chi connectivity index (χ1) is 38.6. The predicted molar refractivity (Wildman–Crippen MR) is 317 cm³/mol. The number of oxazole rings is 2. The van der Waals surface area contributed by atoms with E-state index in [0.29, 0.717) is 11.8 Å². The van der Waals surface area contributed by atoms with Gasteiger partial charge >= 0.3 is 0 Å². The Morgan fingerprint density at radius 2 is 0.462 bits per heavy atom. The smallest absolute Gasteiger partial charge is 0.227 e. The molecule has 8 nitrogen and oxygen atoms in total. The highest BCUT2D eigenvalue weighted by Gasteiger charge is 2.20. The minimum Gasteiger partial charge on any atom is -0.436 e. The molecular weight excluding hydrogens is 957 g/mol. The molecule has 0 saturated heterocycles. The summed E-state index contributed by atoms with van der Waals surface area (Å²) in [5.41, 5.74) is 20.7. The number of nitrogens with zero attached hydrogens (tertiary/aromatic N) is 6. The highest BCUT2D eigenvalue weighted by Crippen LogP contribution is 2.42. The van der Waals surface area contributed by atoms with Crippen LogP contribution in [0.15, 0.2) is 288 Å². The van der Waals surface area contributed by atoms with E-state index in [9.17, 15) is 0 Å². The molecule has 0 unspecified atom stereocenters. The van der Waals surface area contributed by atoms with Crippen molar-refractivity contribution in [1.82, 2.24) is 19.9 Å². The van der Waals surface area contributed by atoms with Gasteiger partial charge in [-0.3, -0.25) is 0 Å². The van der Waals surface area contributed by atoms with Gasteiger partial charge in [0.25, 0.3) is 0 Å². The zero-order valence-electron chi connectivity index (χ0n) is 42.1. The predicted octanol–water partition coefficient (Wildman–Crippen LogP) is 18.9. The van der Waals surface area contributed by atoms with Crippen LogP contribution in [0, 0.1) is 0 Å². The number of anilines is 6. The second-order valence-electron chi connectivity index (χ2n) is 19.1. The third-order valence-electron chi connectivity index (χ3n) is 14.2. The average molecular weight is 1000 g/mol. The van der Waals surface area contributed by atoms with Crippen LogP contribution in [0.5, 0.6) is 0 Å². The molecule has 78 heavy (non-hydrogen) atoms. The standard InChI is InChI=1S/C70H46N6O2/c1-3-13-47(14-4-1)49-23-35-55(36-24-49)75(59-43-31-53(32-44-59)69-73-63-19-9-11-21-65(63)77-69)57-39-27-51(28-40-57)67-68(72-62-18-8-7-17-61(62)71-67)52-29-41-58(42-30-52)76(56-37-25-50(26-38-56)48-15-5-2-6-16-48)60-45-33-54(34-46-60)70-74-64-20-10-12-22-66(64)78-70/h1-46H. The molecule has 0 bridgehead atoms. The number of fused-ring (bicyclic) bond motifs is 3. The lowest BCUT2D eigenvalue weighted by atomic mass is 10.0. The maximum Gasteiger partial charge on any atom is 0.227 e. The van der Waals surface area contributed by atoms with Crippen molar-refractivity contribution in [3.05, 3.63) is 279 Å². The molecule has 0 fully saturated rings. The van der Waals surface area contributed by atoms with Gasteiger partial charge in [0.2, 0.25) is 11.8 Å². The van der Waals surface area contributed by atoms with Crippen molar-refractivity contribution >= 4 is 67.4 Å². The van der Waals surface area contributed by atoms with Crippen LogP contribution in [-0.2, 0) is 0 Å². The van der Waals surface area contributed by atoms with Crippen molar-refractivity contribution in [3.63, 3.8) is 0 Å². The third-order valence-corrected chi connectivity index (χ3v) is 14.2. The molecule has 3 aromatic heterocycles. The van der Waals surface area contributed by atoms with E-state index in [2.05, 4.69) is 204 Å². The molecule has 0 amide bonds. The topological polar surface area (TPSA) is 84.3 Å². The average Bonchev–Trinajstić information content (AvgIpc) is 4.24. The molecule has 0 aliphatic heterocycles. The van der Waals surface area contributed by atoms with Crippen LogP contribution in [0.3, 0.4) is 0 Å². The Kier molecular flexibility index (Phi) is 11.7. The largest absolute Gasteiger partial charge is 0.436 e. The monoisotopic (exact) mass is 1000 g/mol. The van der Waals surface area contributed by atoms with Gasteiger partial charge in [-0.05, 0) is 156 Å². The lowest BCUT2D eigenvalue weighted by molar-refractivity contribution is 0.619. The van der Waals surface area contributed by atoms with E-state index < -0.39 is 0 Å².